The van der Waals surface area contributed by atoms with Crippen molar-refractivity contribution in [2.24, 2.45) is 5.73 Å². The smallest absolute Gasteiger partial charge is 0.205 e. The Hall–Kier alpha value is -1.72. The third kappa shape index (κ3) is 2.46. The molecule has 0 bridgehead atoms. The van der Waals surface area contributed by atoms with E-state index >= 15 is 0 Å². The third-order valence-electron chi connectivity index (χ3n) is 3.10. The highest BCUT2D eigenvalue weighted by Crippen LogP contribution is 2.36. The number of ether oxygens (including phenoxy) is 1. The van der Waals surface area contributed by atoms with Crippen molar-refractivity contribution in [3.63, 3.8) is 0 Å². The van der Waals surface area contributed by atoms with Crippen LogP contribution >= 0.6 is 23.7 Å². The second-order valence-electron chi connectivity index (χ2n) is 4.52. The number of nitrogens with one attached hydrogen (secondary N) is 1. The van der Waals surface area contributed by atoms with Crippen molar-refractivity contribution in [1.29, 1.82) is 0 Å². The van der Waals surface area contributed by atoms with Gasteiger partial charge in [0.2, 0.25) is 5.72 Å². The number of nitrogens with two attached hydrogens (primary N) is 1. The van der Waals surface area contributed by atoms with Gasteiger partial charge in [-0.25, -0.2) is 4.39 Å². The van der Waals surface area contributed by atoms with Crippen LogP contribution in [-0.4, -0.2) is 0 Å². The molecule has 0 aliphatic carbocycles. The molecule has 0 saturated heterocycles. The van der Waals surface area contributed by atoms with Gasteiger partial charge in [0, 0.05) is 16.5 Å². The Morgan fingerprint density at radius 3 is 2.55 bits per heavy atom. The van der Waals surface area contributed by atoms with Crippen LogP contribution in [0.1, 0.15) is 18.1 Å². The maximum atomic E-state index is 13.0. The first kappa shape index (κ1) is 14.7. The molecule has 0 fully saturated rings. The molecule has 0 radical (unpaired) electrons. The normalized spacial score (nSPS) is 21.1. The molecule has 106 valence electrons. The van der Waals surface area contributed by atoms with Crippen molar-refractivity contribution in [1.82, 2.24) is 5.32 Å². The predicted octanol–water partition coefficient (Wildman–Crippen LogP) is 3.39. The Bertz CT molecular complexity index is 627. The van der Waals surface area contributed by atoms with Crippen molar-refractivity contribution in [2.75, 3.05) is 0 Å². The van der Waals surface area contributed by atoms with E-state index in [0.717, 1.165) is 11.1 Å². The van der Waals surface area contributed by atoms with Gasteiger partial charge in [0.25, 0.3) is 0 Å². The molecule has 1 unspecified atom stereocenters. The molecule has 20 heavy (non-hydrogen) atoms. The number of rotatable bonds is 2. The van der Waals surface area contributed by atoms with Crippen LogP contribution in [0, 0.1) is 5.82 Å². The third-order valence-corrected chi connectivity index (χ3v) is 3.79. The molecule has 0 spiro atoms. The summed E-state index contributed by atoms with van der Waals surface area (Å²) in [7, 11) is 0. The number of hydrogen-bond donors (Lipinski definition) is 2. The minimum Gasteiger partial charge on any atom is -0.460 e. The van der Waals surface area contributed by atoms with Gasteiger partial charge < -0.3 is 15.8 Å². The first-order valence-electron chi connectivity index (χ1n) is 5.84. The molecular formula is C14H14ClFN2OS. The van der Waals surface area contributed by atoms with E-state index < -0.39 is 5.72 Å². The molecule has 2 heterocycles. The van der Waals surface area contributed by atoms with E-state index in [1.807, 2.05) is 23.8 Å². The summed E-state index contributed by atoms with van der Waals surface area (Å²) in [6.45, 7) is 1.87. The average molecular weight is 313 g/mol. The fraction of sp³-hybridized carbons (Fsp3) is 0.143. The maximum Gasteiger partial charge on any atom is 0.205 e. The van der Waals surface area contributed by atoms with Crippen LogP contribution in [0.3, 0.4) is 0 Å². The Morgan fingerprint density at radius 2 is 1.95 bits per heavy atom. The van der Waals surface area contributed by atoms with Gasteiger partial charge in [-0.2, -0.15) is 11.3 Å². The van der Waals surface area contributed by atoms with E-state index in [1.165, 1.54) is 12.1 Å². The quantitative estimate of drug-likeness (QED) is 0.893. The molecular weight excluding hydrogens is 299 g/mol. The van der Waals surface area contributed by atoms with Crippen molar-refractivity contribution in [3.05, 3.63) is 63.9 Å². The standard InChI is InChI=1S/C14H13FN2OS.ClH/c1-14(10-2-4-11(15)5-3-10)17-13(16)12(18-14)9-6-7-19-8-9;/h2-8,17H,16H2,1H3;1H. The highest BCUT2D eigenvalue weighted by atomic mass is 35.5. The van der Waals surface area contributed by atoms with Crippen molar-refractivity contribution in [3.8, 4) is 0 Å². The van der Waals surface area contributed by atoms with Gasteiger partial charge in [-0.15, -0.1) is 12.4 Å². The second kappa shape index (κ2) is 5.34. The summed E-state index contributed by atoms with van der Waals surface area (Å²) in [5.41, 5.74) is 6.98. The number of thiophene rings is 1. The summed E-state index contributed by atoms with van der Waals surface area (Å²) < 4.78 is 18.9. The van der Waals surface area contributed by atoms with Crippen molar-refractivity contribution >= 4 is 29.5 Å². The summed E-state index contributed by atoms with van der Waals surface area (Å²) in [5, 5.41) is 7.06. The Kier molecular flexibility index (Phi) is 3.92. The van der Waals surface area contributed by atoms with Crippen LogP contribution in [0.4, 0.5) is 4.39 Å². The highest BCUT2D eigenvalue weighted by Gasteiger charge is 2.37. The van der Waals surface area contributed by atoms with Crippen LogP contribution in [-0.2, 0) is 10.5 Å². The molecule has 2 aromatic rings. The molecule has 0 saturated carbocycles. The zero-order valence-corrected chi connectivity index (χ0v) is 12.4. The molecule has 1 atom stereocenters. The van der Waals surface area contributed by atoms with E-state index in [2.05, 4.69) is 5.32 Å². The predicted molar refractivity (Wildman–Crippen MR) is 80.6 cm³/mol. The second-order valence-corrected chi connectivity index (χ2v) is 5.30. The Morgan fingerprint density at radius 1 is 1.25 bits per heavy atom. The van der Waals surface area contributed by atoms with E-state index in [9.17, 15) is 4.39 Å². The summed E-state index contributed by atoms with van der Waals surface area (Å²) >= 11 is 1.58. The molecule has 0 amide bonds. The molecule has 1 aliphatic rings. The Balaban J connectivity index is 0.00000147. The molecule has 3 nitrogen and oxygen atoms in total. The highest BCUT2D eigenvalue weighted by molar-refractivity contribution is 7.08. The minimum atomic E-state index is -0.769. The van der Waals surface area contributed by atoms with Crippen LogP contribution in [0.25, 0.3) is 5.76 Å². The molecule has 1 aromatic carbocycles. The van der Waals surface area contributed by atoms with E-state index in [0.29, 0.717) is 11.6 Å². The zero-order chi connectivity index (χ0) is 13.5. The van der Waals surface area contributed by atoms with E-state index in [-0.39, 0.29) is 18.2 Å². The summed E-state index contributed by atoms with van der Waals surface area (Å²) in [6, 6.07) is 8.14. The van der Waals surface area contributed by atoms with Crippen molar-refractivity contribution < 1.29 is 9.13 Å². The fourth-order valence-electron chi connectivity index (χ4n) is 2.11. The zero-order valence-electron chi connectivity index (χ0n) is 10.7. The largest absolute Gasteiger partial charge is 0.460 e. The topological polar surface area (TPSA) is 47.3 Å². The lowest BCUT2D eigenvalue weighted by Gasteiger charge is -2.26. The average Bonchev–Trinajstić information content (AvgIpc) is 2.98. The summed E-state index contributed by atoms with van der Waals surface area (Å²) in [5.74, 6) is 0.850. The molecule has 1 aromatic heterocycles. The molecule has 1 aliphatic heterocycles. The van der Waals surface area contributed by atoms with Crippen LogP contribution in [0.5, 0.6) is 0 Å². The van der Waals surface area contributed by atoms with Crippen LogP contribution < -0.4 is 11.1 Å². The van der Waals surface area contributed by atoms with Gasteiger partial charge in [0.05, 0.1) is 0 Å². The van der Waals surface area contributed by atoms with Crippen molar-refractivity contribution in [2.45, 2.75) is 12.6 Å². The molecule has 3 N–H and O–H groups in total. The van der Waals surface area contributed by atoms with Gasteiger partial charge in [-0.1, -0.05) is 12.1 Å². The lowest BCUT2D eigenvalue weighted by molar-refractivity contribution is 0.0544. The summed E-state index contributed by atoms with van der Waals surface area (Å²) in [4.78, 5) is 0. The number of hydrogen-bond acceptors (Lipinski definition) is 4. The van der Waals surface area contributed by atoms with Gasteiger partial charge in [0.15, 0.2) is 5.76 Å². The van der Waals surface area contributed by atoms with Gasteiger partial charge >= 0.3 is 0 Å². The SMILES string of the molecule is CC1(c2ccc(F)cc2)NC(N)=C(c2ccsc2)O1.Cl. The van der Waals surface area contributed by atoms with E-state index in [4.69, 9.17) is 10.5 Å². The number of halogens is 2. The summed E-state index contributed by atoms with van der Waals surface area (Å²) in [6.07, 6.45) is 0. The van der Waals surface area contributed by atoms with E-state index in [1.54, 1.807) is 23.5 Å². The lowest BCUT2D eigenvalue weighted by atomic mass is 10.1. The Labute approximate surface area is 126 Å². The fourth-order valence-corrected chi connectivity index (χ4v) is 2.74. The molecule has 3 rings (SSSR count). The molecule has 6 heteroatoms. The van der Waals surface area contributed by atoms with Gasteiger partial charge in [0.1, 0.15) is 11.6 Å². The monoisotopic (exact) mass is 312 g/mol. The van der Waals surface area contributed by atoms with Crippen LogP contribution in [0.15, 0.2) is 46.9 Å². The van der Waals surface area contributed by atoms with Crippen LogP contribution in [0.2, 0.25) is 0 Å². The lowest BCUT2D eigenvalue weighted by Crippen LogP contribution is -2.37. The first-order chi connectivity index (χ1) is 9.08. The first-order valence-corrected chi connectivity index (χ1v) is 6.78. The van der Waals surface area contributed by atoms with Gasteiger partial charge in [-0.05, 0) is 30.5 Å². The maximum absolute atomic E-state index is 13.0. The number of benzene rings is 1. The minimum absolute atomic E-state index is 0. The van der Waals surface area contributed by atoms with Gasteiger partial charge in [-0.3, -0.25) is 0 Å².